The summed E-state index contributed by atoms with van der Waals surface area (Å²) >= 11 is 1.34. The second-order valence-corrected chi connectivity index (χ2v) is 3.04. The molecule has 0 aromatic carbocycles. The van der Waals surface area contributed by atoms with Crippen LogP contribution in [0.25, 0.3) is 0 Å². The van der Waals surface area contributed by atoms with Crippen LogP contribution in [0.1, 0.15) is 5.01 Å². The number of rotatable bonds is 1. The van der Waals surface area contributed by atoms with Crippen molar-refractivity contribution in [3.63, 3.8) is 0 Å². The highest BCUT2D eigenvalue weighted by molar-refractivity contribution is 7.13. The predicted molar refractivity (Wildman–Crippen MR) is 41.9 cm³/mol. The van der Waals surface area contributed by atoms with Gasteiger partial charge >= 0.3 is 6.09 Å². The third-order valence-corrected chi connectivity index (χ3v) is 1.79. The van der Waals surface area contributed by atoms with E-state index in [2.05, 4.69) is 10.3 Å². The summed E-state index contributed by atoms with van der Waals surface area (Å²) in [5, 5.41) is 3.73. The van der Waals surface area contributed by atoms with E-state index in [0.717, 1.165) is 5.01 Å². The molecule has 11 heavy (non-hydrogen) atoms. The maximum atomic E-state index is 10.6. The molecule has 0 saturated carbocycles. The fourth-order valence-electron chi connectivity index (χ4n) is 0.531. The Balaban J connectivity index is 2.57. The molecule has 0 fully saturated rings. The largest absolute Gasteiger partial charge is 0.413 e. The van der Waals surface area contributed by atoms with Crippen LogP contribution in [0.5, 0.6) is 5.06 Å². The van der Waals surface area contributed by atoms with Gasteiger partial charge in [-0.15, -0.1) is 0 Å². The first-order valence-corrected chi connectivity index (χ1v) is 3.86. The number of carbonyl (C=O) groups excluding carboxylic acids is 1. The van der Waals surface area contributed by atoms with E-state index in [-0.39, 0.29) is 0 Å². The highest BCUT2D eigenvalue weighted by atomic mass is 32.1. The van der Waals surface area contributed by atoms with E-state index < -0.39 is 6.09 Å². The van der Waals surface area contributed by atoms with E-state index in [4.69, 9.17) is 4.74 Å². The van der Waals surface area contributed by atoms with Gasteiger partial charge in [0, 0.05) is 7.05 Å². The maximum Gasteiger partial charge on any atom is 0.413 e. The Labute approximate surface area is 68.2 Å². The lowest BCUT2D eigenvalue weighted by molar-refractivity contribution is 0.204. The van der Waals surface area contributed by atoms with Crippen molar-refractivity contribution in [1.29, 1.82) is 0 Å². The molecule has 0 radical (unpaired) electrons. The van der Waals surface area contributed by atoms with Crippen molar-refractivity contribution in [2.45, 2.75) is 6.92 Å². The molecule has 0 atom stereocenters. The third-order valence-electron chi connectivity index (χ3n) is 0.997. The molecule has 60 valence electrons. The Morgan fingerprint density at radius 3 is 3.00 bits per heavy atom. The molecular weight excluding hydrogens is 164 g/mol. The highest BCUT2D eigenvalue weighted by Crippen LogP contribution is 2.19. The van der Waals surface area contributed by atoms with E-state index in [9.17, 15) is 4.79 Å². The van der Waals surface area contributed by atoms with Crippen molar-refractivity contribution >= 4 is 17.4 Å². The first-order chi connectivity index (χ1) is 5.22. The first-order valence-electron chi connectivity index (χ1n) is 3.04. The molecule has 1 rings (SSSR count). The minimum absolute atomic E-state index is 0.464. The molecule has 1 N–H and O–H groups in total. The smallest absolute Gasteiger partial charge is 0.397 e. The van der Waals surface area contributed by atoms with Gasteiger partial charge in [-0.05, 0) is 6.92 Å². The van der Waals surface area contributed by atoms with Crippen LogP contribution in [0.2, 0.25) is 0 Å². The topological polar surface area (TPSA) is 51.2 Å². The van der Waals surface area contributed by atoms with Crippen molar-refractivity contribution in [1.82, 2.24) is 10.3 Å². The second kappa shape index (κ2) is 3.34. The summed E-state index contributed by atoms with van der Waals surface area (Å²) in [6.45, 7) is 1.85. The number of aryl methyl sites for hydroxylation is 1. The average Bonchev–Trinajstić information content (AvgIpc) is 2.35. The van der Waals surface area contributed by atoms with E-state index in [1.54, 1.807) is 0 Å². The van der Waals surface area contributed by atoms with Gasteiger partial charge in [-0.3, -0.25) is 0 Å². The van der Waals surface area contributed by atoms with Crippen molar-refractivity contribution in [3.05, 3.63) is 11.2 Å². The number of amides is 1. The summed E-state index contributed by atoms with van der Waals surface area (Å²) in [6.07, 6.45) is 1.06. The Kier molecular flexibility index (Phi) is 2.43. The molecule has 1 aromatic rings. The van der Waals surface area contributed by atoms with Crippen LogP contribution < -0.4 is 10.1 Å². The maximum absolute atomic E-state index is 10.6. The summed E-state index contributed by atoms with van der Waals surface area (Å²) in [7, 11) is 1.51. The minimum atomic E-state index is -0.464. The molecule has 0 aliphatic rings. The molecule has 0 unspecified atom stereocenters. The van der Waals surface area contributed by atoms with Gasteiger partial charge in [0.2, 0.25) is 5.06 Å². The van der Waals surface area contributed by atoms with Gasteiger partial charge in [-0.1, -0.05) is 11.3 Å². The van der Waals surface area contributed by atoms with E-state index in [0.29, 0.717) is 5.06 Å². The monoisotopic (exact) mass is 172 g/mol. The Morgan fingerprint density at radius 2 is 2.55 bits per heavy atom. The summed E-state index contributed by atoms with van der Waals surface area (Å²) < 4.78 is 4.79. The normalized spacial score (nSPS) is 9.27. The van der Waals surface area contributed by atoms with Gasteiger partial charge < -0.3 is 10.1 Å². The predicted octanol–water partition coefficient (Wildman–Crippen LogP) is 1.17. The van der Waals surface area contributed by atoms with Crippen molar-refractivity contribution < 1.29 is 9.53 Å². The molecule has 1 aromatic heterocycles. The van der Waals surface area contributed by atoms with Crippen molar-refractivity contribution in [3.8, 4) is 5.06 Å². The van der Waals surface area contributed by atoms with Crippen LogP contribution in [0.4, 0.5) is 4.79 Å². The number of hydrogen-bond acceptors (Lipinski definition) is 4. The van der Waals surface area contributed by atoms with Crippen LogP contribution in [0.3, 0.4) is 0 Å². The van der Waals surface area contributed by atoms with Crippen LogP contribution in [-0.2, 0) is 0 Å². The number of nitrogens with one attached hydrogen (secondary N) is 1. The minimum Gasteiger partial charge on any atom is -0.397 e. The summed E-state index contributed by atoms with van der Waals surface area (Å²) in [4.78, 5) is 14.6. The molecule has 0 saturated heterocycles. The van der Waals surface area contributed by atoms with E-state index >= 15 is 0 Å². The van der Waals surface area contributed by atoms with Gasteiger partial charge in [-0.2, -0.15) is 0 Å². The lowest BCUT2D eigenvalue weighted by atomic mass is 10.8. The summed E-state index contributed by atoms with van der Waals surface area (Å²) in [6, 6.07) is 0. The third kappa shape index (κ3) is 2.19. The zero-order valence-electron chi connectivity index (χ0n) is 6.25. The molecule has 0 bridgehead atoms. The molecule has 0 aliphatic heterocycles. The number of aromatic nitrogens is 1. The number of ether oxygens (including phenoxy) is 1. The Morgan fingerprint density at radius 1 is 1.82 bits per heavy atom. The number of thiazole rings is 1. The standard InChI is InChI=1S/C6H8N2O2S/c1-4-8-3-5(11-4)10-6(9)7-2/h3H,1-2H3,(H,7,9). The van der Waals surface area contributed by atoms with E-state index in [1.165, 1.54) is 24.6 Å². The average molecular weight is 172 g/mol. The quantitative estimate of drug-likeness (QED) is 0.691. The fraction of sp³-hybridized carbons (Fsp3) is 0.333. The molecular formula is C6H8N2O2S. The number of carbonyl (C=O) groups is 1. The van der Waals surface area contributed by atoms with Gasteiger partial charge in [0.1, 0.15) is 0 Å². The molecule has 1 amide bonds. The van der Waals surface area contributed by atoms with E-state index in [1.807, 2.05) is 6.92 Å². The molecule has 1 heterocycles. The summed E-state index contributed by atoms with van der Waals surface area (Å²) in [5.41, 5.74) is 0. The van der Waals surface area contributed by atoms with Gasteiger partial charge in [0.25, 0.3) is 0 Å². The summed E-state index contributed by atoms with van der Waals surface area (Å²) in [5.74, 6) is 0. The van der Waals surface area contributed by atoms with Crippen LogP contribution in [-0.4, -0.2) is 18.1 Å². The highest BCUT2D eigenvalue weighted by Gasteiger charge is 2.03. The molecule has 5 heteroatoms. The number of hydrogen-bond donors (Lipinski definition) is 1. The zero-order chi connectivity index (χ0) is 8.27. The van der Waals surface area contributed by atoms with Crippen LogP contribution >= 0.6 is 11.3 Å². The SMILES string of the molecule is CNC(=O)Oc1cnc(C)s1. The van der Waals surface area contributed by atoms with Gasteiger partial charge in [-0.25, -0.2) is 9.78 Å². The molecule has 0 spiro atoms. The van der Waals surface area contributed by atoms with Crippen LogP contribution in [0, 0.1) is 6.92 Å². The van der Waals surface area contributed by atoms with Crippen LogP contribution in [0.15, 0.2) is 6.20 Å². The second-order valence-electron chi connectivity index (χ2n) is 1.84. The molecule has 4 nitrogen and oxygen atoms in total. The first kappa shape index (κ1) is 8.00. The van der Waals surface area contributed by atoms with Crippen molar-refractivity contribution in [2.75, 3.05) is 7.05 Å². The fourth-order valence-corrected chi connectivity index (χ4v) is 1.15. The van der Waals surface area contributed by atoms with Crippen molar-refractivity contribution in [2.24, 2.45) is 0 Å². The lowest BCUT2D eigenvalue weighted by Gasteiger charge is -1.96. The lowest BCUT2D eigenvalue weighted by Crippen LogP contribution is -2.21. The Hall–Kier alpha value is -1.10. The van der Waals surface area contributed by atoms with Gasteiger partial charge in [0.15, 0.2) is 0 Å². The zero-order valence-corrected chi connectivity index (χ0v) is 7.07. The Bertz CT molecular complexity index is 259. The van der Waals surface area contributed by atoms with Gasteiger partial charge in [0.05, 0.1) is 11.2 Å². The number of nitrogens with zero attached hydrogens (tertiary/aromatic N) is 1. The molecule has 0 aliphatic carbocycles.